The van der Waals surface area contributed by atoms with E-state index in [1.807, 2.05) is 6.07 Å². The van der Waals surface area contributed by atoms with Gasteiger partial charge in [0.05, 0.1) is 11.8 Å². The number of nitrogens with one attached hydrogen (secondary N) is 1. The van der Waals surface area contributed by atoms with Crippen LogP contribution in [0.5, 0.6) is 0 Å². The number of aliphatic hydroxyl groups excluding tert-OH is 1. The molecule has 1 aromatic heterocycles. The average molecular weight is 249 g/mol. The fraction of sp³-hybridized carbons (Fsp3) is 0.643. The quantitative estimate of drug-likeness (QED) is 0.836. The van der Waals surface area contributed by atoms with E-state index in [2.05, 4.69) is 34.3 Å². The van der Waals surface area contributed by atoms with Gasteiger partial charge in [-0.05, 0) is 31.4 Å². The number of nitrogens with zero attached hydrogens (tertiary/aromatic N) is 2. The predicted molar refractivity (Wildman–Crippen MR) is 73.5 cm³/mol. The van der Waals surface area contributed by atoms with Gasteiger partial charge in [-0.2, -0.15) is 0 Å². The molecule has 0 spiro atoms. The van der Waals surface area contributed by atoms with Gasteiger partial charge in [0.2, 0.25) is 0 Å². The van der Waals surface area contributed by atoms with Crippen LogP contribution in [0.2, 0.25) is 0 Å². The van der Waals surface area contributed by atoms with Gasteiger partial charge in [0.1, 0.15) is 5.82 Å². The Kier molecular flexibility index (Phi) is 4.96. The molecule has 1 aliphatic heterocycles. The maximum atomic E-state index is 9.48. The molecule has 1 aromatic rings. The van der Waals surface area contributed by atoms with Crippen LogP contribution in [0.4, 0.5) is 5.82 Å². The fourth-order valence-corrected chi connectivity index (χ4v) is 2.23. The summed E-state index contributed by atoms with van der Waals surface area (Å²) in [5.41, 5.74) is 1.10. The third kappa shape index (κ3) is 3.96. The molecule has 2 N–H and O–H groups in total. The van der Waals surface area contributed by atoms with Gasteiger partial charge in [-0.3, -0.25) is 4.90 Å². The lowest BCUT2D eigenvalue weighted by Crippen LogP contribution is -2.35. The first kappa shape index (κ1) is 13.3. The molecule has 4 nitrogen and oxygen atoms in total. The highest BCUT2D eigenvalue weighted by molar-refractivity contribution is 5.35. The SMILES string of the molecule is CCCNc1cccc(CN2CCC(O)CC2)n1. The van der Waals surface area contributed by atoms with Gasteiger partial charge in [0.15, 0.2) is 0 Å². The van der Waals surface area contributed by atoms with Crippen LogP contribution in [0.25, 0.3) is 0 Å². The molecule has 0 aromatic carbocycles. The second-order valence-corrected chi connectivity index (χ2v) is 4.95. The Morgan fingerprint density at radius 2 is 2.17 bits per heavy atom. The number of piperidine rings is 1. The zero-order chi connectivity index (χ0) is 12.8. The molecule has 100 valence electrons. The Labute approximate surface area is 109 Å². The van der Waals surface area contributed by atoms with Crippen molar-refractivity contribution in [3.8, 4) is 0 Å². The molecule has 0 radical (unpaired) electrons. The van der Waals surface area contributed by atoms with Crippen molar-refractivity contribution < 1.29 is 5.11 Å². The third-order valence-electron chi connectivity index (χ3n) is 3.31. The molecule has 4 heteroatoms. The molecular formula is C14H23N3O. The number of anilines is 1. The first-order valence-electron chi connectivity index (χ1n) is 6.88. The van der Waals surface area contributed by atoms with Crippen molar-refractivity contribution in [3.63, 3.8) is 0 Å². The topological polar surface area (TPSA) is 48.4 Å². The minimum Gasteiger partial charge on any atom is -0.393 e. The van der Waals surface area contributed by atoms with E-state index in [0.717, 1.165) is 57.0 Å². The Hall–Kier alpha value is -1.13. The normalized spacial score (nSPS) is 17.9. The molecule has 0 atom stereocenters. The summed E-state index contributed by atoms with van der Waals surface area (Å²) in [5.74, 6) is 0.964. The van der Waals surface area contributed by atoms with E-state index in [-0.39, 0.29) is 6.10 Å². The molecule has 0 unspecified atom stereocenters. The van der Waals surface area contributed by atoms with Crippen LogP contribution in [0.15, 0.2) is 18.2 Å². The molecule has 0 aliphatic carbocycles. The molecule has 18 heavy (non-hydrogen) atoms. The van der Waals surface area contributed by atoms with Gasteiger partial charge in [-0.15, -0.1) is 0 Å². The summed E-state index contributed by atoms with van der Waals surface area (Å²) in [6.07, 6.45) is 2.77. The maximum absolute atomic E-state index is 9.48. The smallest absolute Gasteiger partial charge is 0.126 e. The van der Waals surface area contributed by atoms with E-state index in [0.29, 0.717) is 0 Å². The van der Waals surface area contributed by atoms with Crippen LogP contribution in [-0.2, 0) is 6.54 Å². The number of pyridine rings is 1. The van der Waals surface area contributed by atoms with Crippen molar-refractivity contribution in [2.75, 3.05) is 25.0 Å². The molecule has 1 fully saturated rings. The molecule has 0 saturated carbocycles. The van der Waals surface area contributed by atoms with E-state index in [1.165, 1.54) is 0 Å². The summed E-state index contributed by atoms with van der Waals surface area (Å²) >= 11 is 0. The standard InChI is InChI=1S/C14H23N3O/c1-2-8-15-14-5-3-4-12(16-14)11-17-9-6-13(18)7-10-17/h3-5,13,18H,2,6-11H2,1H3,(H,15,16). The highest BCUT2D eigenvalue weighted by Gasteiger charge is 2.17. The summed E-state index contributed by atoms with van der Waals surface area (Å²) < 4.78 is 0. The molecular weight excluding hydrogens is 226 g/mol. The van der Waals surface area contributed by atoms with Gasteiger partial charge >= 0.3 is 0 Å². The summed E-state index contributed by atoms with van der Waals surface area (Å²) in [6.45, 7) is 5.93. The highest BCUT2D eigenvalue weighted by Crippen LogP contribution is 2.13. The number of hydrogen-bond donors (Lipinski definition) is 2. The number of hydrogen-bond acceptors (Lipinski definition) is 4. The van der Waals surface area contributed by atoms with E-state index in [9.17, 15) is 5.11 Å². The Bertz CT molecular complexity index is 362. The van der Waals surface area contributed by atoms with Crippen LogP contribution < -0.4 is 5.32 Å². The number of aromatic nitrogens is 1. The fourth-order valence-electron chi connectivity index (χ4n) is 2.23. The number of rotatable bonds is 5. The van der Waals surface area contributed by atoms with E-state index < -0.39 is 0 Å². The lowest BCUT2D eigenvalue weighted by molar-refractivity contribution is 0.0787. The van der Waals surface area contributed by atoms with Crippen molar-refractivity contribution in [3.05, 3.63) is 23.9 Å². The van der Waals surface area contributed by atoms with Gasteiger partial charge in [-0.1, -0.05) is 13.0 Å². The summed E-state index contributed by atoms with van der Waals surface area (Å²) in [6, 6.07) is 6.14. The van der Waals surface area contributed by atoms with Crippen LogP contribution in [0, 0.1) is 0 Å². The van der Waals surface area contributed by atoms with Crippen molar-refractivity contribution in [1.82, 2.24) is 9.88 Å². The van der Waals surface area contributed by atoms with Crippen LogP contribution in [-0.4, -0.2) is 40.7 Å². The third-order valence-corrected chi connectivity index (χ3v) is 3.31. The van der Waals surface area contributed by atoms with Crippen LogP contribution >= 0.6 is 0 Å². The van der Waals surface area contributed by atoms with Gasteiger partial charge in [-0.25, -0.2) is 4.98 Å². The average Bonchev–Trinajstić information content (AvgIpc) is 2.40. The molecule has 1 aliphatic rings. The summed E-state index contributed by atoms with van der Waals surface area (Å²) in [5, 5.41) is 12.8. The van der Waals surface area contributed by atoms with Crippen molar-refractivity contribution in [1.29, 1.82) is 0 Å². The van der Waals surface area contributed by atoms with Crippen LogP contribution in [0.1, 0.15) is 31.9 Å². The lowest BCUT2D eigenvalue weighted by atomic mass is 10.1. The molecule has 2 rings (SSSR count). The van der Waals surface area contributed by atoms with Crippen molar-refractivity contribution in [2.45, 2.75) is 38.8 Å². The largest absolute Gasteiger partial charge is 0.393 e. The molecule has 1 saturated heterocycles. The maximum Gasteiger partial charge on any atom is 0.126 e. The molecule has 0 amide bonds. The first-order chi connectivity index (χ1) is 8.78. The monoisotopic (exact) mass is 249 g/mol. The Morgan fingerprint density at radius 1 is 1.39 bits per heavy atom. The summed E-state index contributed by atoms with van der Waals surface area (Å²) in [4.78, 5) is 6.97. The summed E-state index contributed by atoms with van der Waals surface area (Å²) in [7, 11) is 0. The van der Waals surface area contributed by atoms with Crippen molar-refractivity contribution in [2.24, 2.45) is 0 Å². The van der Waals surface area contributed by atoms with Gasteiger partial charge in [0.25, 0.3) is 0 Å². The Morgan fingerprint density at radius 3 is 2.89 bits per heavy atom. The van der Waals surface area contributed by atoms with Crippen molar-refractivity contribution >= 4 is 5.82 Å². The predicted octanol–water partition coefficient (Wildman–Crippen LogP) is 1.86. The van der Waals surface area contributed by atoms with E-state index in [1.54, 1.807) is 0 Å². The lowest BCUT2D eigenvalue weighted by Gasteiger charge is -2.29. The highest BCUT2D eigenvalue weighted by atomic mass is 16.3. The minimum absolute atomic E-state index is 0.105. The zero-order valence-corrected chi connectivity index (χ0v) is 11.1. The first-order valence-corrected chi connectivity index (χ1v) is 6.88. The number of aliphatic hydroxyl groups is 1. The second-order valence-electron chi connectivity index (χ2n) is 4.95. The molecule has 0 bridgehead atoms. The number of likely N-dealkylation sites (tertiary alicyclic amines) is 1. The van der Waals surface area contributed by atoms with E-state index in [4.69, 9.17) is 0 Å². The van der Waals surface area contributed by atoms with Crippen LogP contribution in [0.3, 0.4) is 0 Å². The Balaban J connectivity index is 1.88. The van der Waals surface area contributed by atoms with E-state index >= 15 is 0 Å². The minimum atomic E-state index is -0.105. The van der Waals surface area contributed by atoms with Gasteiger partial charge in [0, 0.05) is 26.2 Å². The van der Waals surface area contributed by atoms with Gasteiger partial charge < -0.3 is 10.4 Å². The second kappa shape index (κ2) is 6.71. The molecule has 2 heterocycles. The zero-order valence-electron chi connectivity index (χ0n) is 11.1.